The second-order valence-corrected chi connectivity index (χ2v) is 12.3. The van der Waals surface area contributed by atoms with Gasteiger partial charge < -0.3 is 28.9 Å². The van der Waals surface area contributed by atoms with Crippen LogP contribution in [0.2, 0.25) is 0 Å². The van der Waals surface area contributed by atoms with Crippen molar-refractivity contribution < 1.29 is 71.1 Å². The van der Waals surface area contributed by atoms with Crippen molar-refractivity contribution in [2.75, 3.05) is 32.7 Å². The molecule has 0 fully saturated rings. The van der Waals surface area contributed by atoms with Gasteiger partial charge in [-0.25, -0.2) is 15.0 Å². The number of rotatable bonds is 19. The van der Waals surface area contributed by atoms with E-state index in [2.05, 4.69) is 22.8 Å². The molecule has 0 bridgehead atoms. The number of carbonyl (C=O) groups excluding carboxylic acids is 3. The Morgan fingerprint density at radius 2 is 1.59 bits per heavy atom. The fourth-order valence-electron chi connectivity index (χ4n) is 3.74. The summed E-state index contributed by atoms with van der Waals surface area (Å²) in [5.41, 5.74) is -2.23. The minimum absolute atomic E-state index is 0. The van der Waals surface area contributed by atoms with Crippen LogP contribution in [0, 0.1) is 18.4 Å². The van der Waals surface area contributed by atoms with E-state index in [0.29, 0.717) is 12.8 Å². The van der Waals surface area contributed by atoms with Gasteiger partial charge in [0.1, 0.15) is 6.61 Å². The first kappa shape index (κ1) is 40.3. The summed E-state index contributed by atoms with van der Waals surface area (Å²) >= 11 is 4.33. The molecule has 14 heteroatoms. The maximum atomic E-state index is 13.0. The van der Waals surface area contributed by atoms with Gasteiger partial charge in [-0.05, 0) is 33.1 Å². The topological polar surface area (TPSA) is 152 Å². The Morgan fingerprint density at radius 1 is 1.03 bits per heavy atom. The van der Waals surface area contributed by atoms with Gasteiger partial charge in [0.05, 0.1) is 46.2 Å². The van der Waals surface area contributed by atoms with E-state index in [-0.39, 0.29) is 68.6 Å². The zero-order chi connectivity index (χ0) is 29.6. The molecule has 0 saturated heterocycles. The Hall–Kier alpha value is -0.880. The van der Waals surface area contributed by atoms with Crippen molar-refractivity contribution in [3.63, 3.8) is 0 Å². The summed E-state index contributed by atoms with van der Waals surface area (Å²) in [7, 11) is -3.14. The molecule has 0 aliphatic rings. The number of methoxy groups -OCH3 is 1. The molecule has 4 atom stereocenters. The van der Waals surface area contributed by atoms with Crippen LogP contribution in [0.4, 0.5) is 0 Å². The summed E-state index contributed by atoms with van der Waals surface area (Å²) in [4.78, 5) is 42.5. The number of hydrogen-bond donors (Lipinski definition) is 2. The average Bonchev–Trinajstić information content (AvgIpc) is 2.81. The number of ether oxygens (including phenoxy) is 3. The number of nitrogens with one attached hydrogen (secondary N) is 1. The molecule has 0 radical (unpaired) electrons. The van der Waals surface area contributed by atoms with E-state index in [1.54, 1.807) is 6.92 Å². The second kappa shape index (κ2) is 19.3. The van der Waals surface area contributed by atoms with Crippen molar-refractivity contribution >= 4 is 40.6 Å². The molecule has 39 heavy (non-hydrogen) atoms. The molecule has 0 aromatic heterocycles. The quantitative estimate of drug-likeness (QED) is 0.0509. The summed E-state index contributed by atoms with van der Waals surface area (Å²) in [6, 6.07) is 0. The van der Waals surface area contributed by atoms with Crippen LogP contribution in [-0.2, 0) is 38.7 Å². The molecule has 11 nitrogen and oxygen atoms in total. The molecular weight excluding hydrogens is 559 g/mol. The van der Waals surface area contributed by atoms with Crippen LogP contribution in [0.3, 0.4) is 0 Å². The molecule has 4 unspecified atom stereocenters. The van der Waals surface area contributed by atoms with Crippen LogP contribution in [0.1, 0.15) is 73.1 Å². The molecule has 220 valence electrons. The largest absolute Gasteiger partial charge is 1.00 e. The third-order valence-electron chi connectivity index (χ3n) is 6.04. The molecule has 1 N–H and O–H groups in total. The monoisotopic (exact) mass is 602 g/mol. The number of nitrogens with zero attached hydrogens (tertiary/aromatic N) is 1. The Bertz CT molecular complexity index is 925. The van der Waals surface area contributed by atoms with Crippen molar-refractivity contribution in [2.45, 2.75) is 89.5 Å². The molecule has 0 aromatic rings. The summed E-state index contributed by atoms with van der Waals surface area (Å²) < 4.78 is 49.2. The van der Waals surface area contributed by atoms with E-state index in [4.69, 9.17) is 20.8 Å². The van der Waals surface area contributed by atoms with E-state index in [1.807, 2.05) is 13.8 Å². The average molecular weight is 603 g/mol. The molecule has 0 aliphatic heterocycles. The molecular formula is C25H43N2NaO9S2. The molecule has 0 aliphatic carbocycles. The number of carbonyl (C=O) groups is 3. The van der Waals surface area contributed by atoms with Gasteiger partial charge in [-0.1, -0.05) is 20.3 Å². The van der Waals surface area contributed by atoms with Crippen LogP contribution in [0.25, 0.3) is 4.85 Å². The summed E-state index contributed by atoms with van der Waals surface area (Å²) in [5, 5.41) is 1.41. The van der Waals surface area contributed by atoms with Gasteiger partial charge in [-0.3, -0.25) is 14.4 Å². The van der Waals surface area contributed by atoms with Crippen molar-refractivity contribution in [2.24, 2.45) is 11.8 Å². The van der Waals surface area contributed by atoms with E-state index in [9.17, 15) is 27.4 Å². The van der Waals surface area contributed by atoms with Crippen LogP contribution >= 0.6 is 12.6 Å². The Balaban J connectivity index is 0. The summed E-state index contributed by atoms with van der Waals surface area (Å²) in [5.74, 6) is -4.46. The maximum Gasteiger partial charge on any atom is 1.00 e. The third kappa shape index (κ3) is 17.5. The molecule has 0 heterocycles. The number of esters is 2. The van der Waals surface area contributed by atoms with Crippen molar-refractivity contribution in [1.82, 2.24) is 5.32 Å². The smallest absolute Gasteiger partial charge is 0.748 e. The van der Waals surface area contributed by atoms with Gasteiger partial charge in [0.2, 0.25) is 11.4 Å². The first-order valence-electron chi connectivity index (χ1n) is 12.7. The van der Waals surface area contributed by atoms with Gasteiger partial charge >= 0.3 is 41.5 Å². The molecule has 0 spiro atoms. The van der Waals surface area contributed by atoms with Gasteiger partial charge in [-0.15, -0.1) is 0 Å². The van der Waals surface area contributed by atoms with Crippen LogP contribution in [0.15, 0.2) is 0 Å². The van der Waals surface area contributed by atoms with E-state index >= 15 is 0 Å². The second-order valence-electron chi connectivity index (χ2n) is 10.3. The van der Waals surface area contributed by atoms with Gasteiger partial charge in [0, 0.05) is 32.4 Å². The Kier molecular flexibility index (Phi) is 19.9. The zero-order valence-electron chi connectivity index (χ0n) is 24.3. The fourth-order valence-corrected chi connectivity index (χ4v) is 5.02. The first-order chi connectivity index (χ1) is 17.5. The minimum atomic E-state index is -4.61. The van der Waals surface area contributed by atoms with Crippen molar-refractivity contribution in [1.29, 1.82) is 0 Å². The van der Waals surface area contributed by atoms with Gasteiger partial charge in [0.15, 0.2) is 0 Å². The molecule has 1 amide bonds. The predicted octanol–water partition coefficient (Wildman–Crippen LogP) is -0.248. The molecule has 0 saturated carbocycles. The minimum Gasteiger partial charge on any atom is -0.748 e. The van der Waals surface area contributed by atoms with E-state index in [0.717, 1.165) is 6.42 Å². The normalized spacial score (nSPS) is 15.5. The standard InChI is InChI=1S/C25H44N2O9S2.Na/c1-8-10-11-35-22(29)18(15-20(37)21(28)27-24(3,4)17-38(31,32)33)14-19(16-25(5,9-2)26-6)23(30)36-13-12-34-7;/h18-20,37H,8-17H2,1-5,7H3,(H,27,28)(H,31,32,33);/q;+1/p-1. The summed E-state index contributed by atoms with van der Waals surface area (Å²) in [6.45, 7) is 16.2. The Morgan fingerprint density at radius 3 is 2.08 bits per heavy atom. The third-order valence-corrected chi connectivity index (χ3v) is 7.56. The van der Waals surface area contributed by atoms with Crippen molar-refractivity contribution in [3.05, 3.63) is 11.4 Å². The van der Waals surface area contributed by atoms with E-state index in [1.165, 1.54) is 21.0 Å². The molecule has 0 aromatic carbocycles. The van der Waals surface area contributed by atoms with Crippen LogP contribution < -0.4 is 34.9 Å². The van der Waals surface area contributed by atoms with Crippen LogP contribution in [0.5, 0.6) is 0 Å². The zero-order valence-corrected chi connectivity index (χ0v) is 28.0. The van der Waals surface area contributed by atoms with Gasteiger partial charge in [0.25, 0.3) is 0 Å². The Labute approximate surface area is 261 Å². The number of unbranched alkanes of at least 4 members (excludes halogenated alkanes) is 1. The molecule has 0 rings (SSSR count). The van der Waals surface area contributed by atoms with Crippen molar-refractivity contribution in [3.8, 4) is 0 Å². The number of hydrogen-bond acceptors (Lipinski definition) is 10. The fraction of sp³-hybridized carbons (Fsp3) is 0.840. The number of thiol groups is 1. The predicted molar refractivity (Wildman–Crippen MR) is 144 cm³/mol. The van der Waals surface area contributed by atoms with Crippen LogP contribution in [-0.4, -0.2) is 79.8 Å². The SMILES string of the molecule is [C-]#[N+]C(C)(CC)CC(CC(CC(S)C(=O)NC(C)(C)CS(=O)(=O)[O-])C(=O)OCCCC)C(=O)OCCOC.[Na+]. The van der Waals surface area contributed by atoms with E-state index < -0.39 is 61.9 Å². The summed E-state index contributed by atoms with van der Waals surface area (Å²) in [6.07, 6.45) is 1.87. The van der Waals surface area contributed by atoms with Gasteiger partial charge in [-0.2, -0.15) is 12.6 Å². The first-order valence-corrected chi connectivity index (χ1v) is 14.8. The maximum absolute atomic E-state index is 13.0. The number of amides is 1.